The van der Waals surface area contributed by atoms with Crippen LogP contribution in [0.3, 0.4) is 0 Å². The lowest BCUT2D eigenvalue weighted by atomic mass is 10.0. The van der Waals surface area contributed by atoms with Gasteiger partial charge in [0.25, 0.3) is 0 Å². The van der Waals surface area contributed by atoms with E-state index in [-0.39, 0.29) is 17.8 Å². The molecule has 0 saturated carbocycles. The van der Waals surface area contributed by atoms with E-state index in [2.05, 4.69) is 71.1 Å². The molecule has 5 rings (SSSR count). The van der Waals surface area contributed by atoms with Crippen molar-refractivity contribution in [3.63, 3.8) is 0 Å². The van der Waals surface area contributed by atoms with Crippen molar-refractivity contribution in [2.45, 2.75) is 45.7 Å². The summed E-state index contributed by atoms with van der Waals surface area (Å²) in [5, 5.41) is 1.07. The lowest BCUT2D eigenvalue weighted by Gasteiger charge is -2.30. The van der Waals surface area contributed by atoms with E-state index >= 15 is 0 Å². The average molecular weight is 584 g/mol. The van der Waals surface area contributed by atoms with Gasteiger partial charge in [0.1, 0.15) is 18.2 Å². The van der Waals surface area contributed by atoms with Crippen molar-refractivity contribution >= 4 is 22.9 Å². The van der Waals surface area contributed by atoms with Crippen LogP contribution in [-0.4, -0.2) is 60.6 Å². The van der Waals surface area contributed by atoms with Crippen LogP contribution in [0.4, 0.5) is 4.39 Å². The Labute approximate surface area is 254 Å². The maximum atomic E-state index is 13.8. The van der Waals surface area contributed by atoms with Crippen molar-refractivity contribution in [1.29, 1.82) is 0 Å². The first-order valence-corrected chi connectivity index (χ1v) is 15.3. The summed E-state index contributed by atoms with van der Waals surface area (Å²) < 4.78 is 24.5. The van der Waals surface area contributed by atoms with E-state index in [0.717, 1.165) is 74.2 Å². The fourth-order valence-corrected chi connectivity index (χ4v) is 6.06. The number of esters is 1. The summed E-state index contributed by atoms with van der Waals surface area (Å²) in [6.45, 7) is 9.67. The standard InChI is InChI=1S/C36H42FN3O3/c1-4-39(5-2)20-21-43-31-12-6-27(7-13-31)25-40(19-18-29-24-38-34-23-30(37)11-15-32(29)34)35-16-10-28-22-26(8-14-33(28)35)9-17-36(41)42-3/h6-9,11-15,17,22-24,35,38H,4-5,10,16,18-21,25H2,1-3H3. The van der Waals surface area contributed by atoms with Gasteiger partial charge in [-0.05, 0) is 96.6 Å². The maximum Gasteiger partial charge on any atom is 0.330 e. The Balaban J connectivity index is 1.33. The van der Waals surface area contributed by atoms with Gasteiger partial charge >= 0.3 is 5.97 Å². The number of carbonyl (C=O) groups is 1. The van der Waals surface area contributed by atoms with Crippen LogP contribution in [0.1, 0.15) is 54.1 Å². The van der Waals surface area contributed by atoms with E-state index < -0.39 is 0 Å². The van der Waals surface area contributed by atoms with Crippen LogP contribution in [0, 0.1) is 5.82 Å². The molecule has 4 aromatic rings. The minimum absolute atomic E-state index is 0.230. The van der Waals surface area contributed by atoms with E-state index in [1.54, 1.807) is 6.07 Å². The van der Waals surface area contributed by atoms with E-state index in [1.807, 2.05) is 18.3 Å². The maximum absolute atomic E-state index is 13.8. The van der Waals surface area contributed by atoms with Gasteiger partial charge in [0.15, 0.2) is 0 Å². The molecule has 0 fully saturated rings. The number of aromatic amines is 1. The van der Waals surface area contributed by atoms with E-state index in [0.29, 0.717) is 6.61 Å². The number of benzene rings is 3. The zero-order valence-electron chi connectivity index (χ0n) is 25.4. The van der Waals surface area contributed by atoms with Crippen molar-refractivity contribution in [3.05, 3.63) is 107 Å². The number of likely N-dealkylation sites (N-methyl/N-ethyl adjacent to an activating group) is 1. The monoisotopic (exact) mass is 583 g/mol. The number of rotatable bonds is 14. The molecule has 0 spiro atoms. The lowest BCUT2D eigenvalue weighted by Crippen LogP contribution is -2.29. The second-order valence-corrected chi connectivity index (χ2v) is 11.1. The fraction of sp³-hybridized carbons (Fsp3) is 0.361. The molecule has 0 radical (unpaired) electrons. The minimum Gasteiger partial charge on any atom is -0.492 e. The van der Waals surface area contributed by atoms with Gasteiger partial charge in [0.2, 0.25) is 0 Å². The van der Waals surface area contributed by atoms with Crippen LogP contribution < -0.4 is 4.74 Å². The molecule has 7 heteroatoms. The quantitative estimate of drug-likeness (QED) is 0.129. The second kappa shape index (κ2) is 14.5. The molecular formula is C36H42FN3O3. The molecule has 1 aliphatic carbocycles. The van der Waals surface area contributed by atoms with E-state index in [4.69, 9.17) is 9.47 Å². The third kappa shape index (κ3) is 7.72. The molecule has 3 aromatic carbocycles. The highest BCUT2D eigenvalue weighted by atomic mass is 19.1. The predicted octanol–water partition coefficient (Wildman–Crippen LogP) is 6.95. The largest absolute Gasteiger partial charge is 0.492 e. The summed E-state index contributed by atoms with van der Waals surface area (Å²) in [6.07, 6.45) is 8.15. The summed E-state index contributed by atoms with van der Waals surface area (Å²) in [7, 11) is 1.39. The molecule has 0 amide bonds. The van der Waals surface area contributed by atoms with Gasteiger partial charge in [0.05, 0.1) is 7.11 Å². The average Bonchev–Trinajstić information content (AvgIpc) is 3.64. The number of fused-ring (bicyclic) bond motifs is 2. The van der Waals surface area contributed by atoms with Crippen molar-refractivity contribution in [1.82, 2.24) is 14.8 Å². The highest BCUT2D eigenvalue weighted by Gasteiger charge is 2.28. The molecule has 0 saturated heterocycles. The van der Waals surface area contributed by atoms with Crippen molar-refractivity contribution in [3.8, 4) is 5.75 Å². The Bertz CT molecular complexity index is 1540. The number of methoxy groups -OCH3 is 1. The van der Waals surface area contributed by atoms with Gasteiger partial charge in [-0.25, -0.2) is 9.18 Å². The summed E-state index contributed by atoms with van der Waals surface area (Å²) >= 11 is 0. The van der Waals surface area contributed by atoms with Gasteiger partial charge in [-0.3, -0.25) is 4.90 Å². The Hall–Kier alpha value is -3.94. The molecule has 43 heavy (non-hydrogen) atoms. The van der Waals surface area contributed by atoms with Crippen LogP contribution in [-0.2, 0) is 28.9 Å². The number of hydrogen-bond acceptors (Lipinski definition) is 5. The molecule has 0 bridgehead atoms. The summed E-state index contributed by atoms with van der Waals surface area (Å²) in [5.41, 5.74) is 6.92. The number of nitrogens with one attached hydrogen (secondary N) is 1. The second-order valence-electron chi connectivity index (χ2n) is 11.1. The third-order valence-electron chi connectivity index (χ3n) is 8.54. The first-order chi connectivity index (χ1) is 21.0. The number of halogens is 1. The van der Waals surface area contributed by atoms with Crippen LogP contribution in [0.5, 0.6) is 5.75 Å². The van der Waals surface area contributed by atoms with Gasteiger partial charge < -0.3 is 19.4 Å². The van der Waals surface area contributed by atoms with Gasteiger partial charge in [-0.15, -0.1) is 0 Å². The molecule has 1 N–H and O–H groups in total. The molecule has 1 aromatic heterocycles. The normalized spacial score (nSPS) is 14.7. The smallest absolute Gasteiger partial charge is 0.330 e. The molecule has 1 heterocycles. The number of carbonyl (C=O) groups excluding carboxylic acids is 1. The topological polar surface area (TPSA) is 57.8 Å². The van der Waals surface area contributed by atoms with Gasteiger partial charge in [-0.1, -0.05) is 44.2 Å². The van der Waals surface area contributed by atoms with Crippen LogP contribution >= 0.6 is 0 Å². The number of aryl methyl sites for hydroxylation is 1. The Morgan fingerprint density at radius 2 is 1.86 bits per heavy atom. The lowest BCUT2D eigenvalue weighted by molar-refractivity contribution is -0.134. The molecule has 1 atom stereocenters. The molecule has 6 nitrogen and oxygen atoms in total. The number of nitrogens with zero attached hydrogens (tertiary/aromatic N) is 2. The summed E-state index contributed by atoms with van der Waals surface area (Å²) in [6, 6.07) is 20.2. The Morgan fingerprint density at radius 3 is 2.63 bits per heavy atom. The highest BCUT2D eigenvalue weighted by molar-refractivity contribution is 5.87. The van der Waals surface area contributed by atoms with Crippen molar-refractivity contribution < 1.29 is 18.7 Å². The molecule has 1 unspecified atom stereocenters. The zero-order chi connectivity index (χ0) is 30.2. The number of ether oxygens (including phenoxy) is 2. The first kappa shape index (κ1) is 30.5. The first-order valence-electron chi connectivity index (χ1n) is 15.3. The van der Waals surface area contributed by atoms with Gasteiger partial charge in [0, 0.05) is 48.9 Å². The minimum atomic E-state index is -0.357. The Kier molecular flexibility index (Phi) is 10.3. The van der Waals surface area contributed by atoms with Crippen LogP contribution in [0.2, 0.25) is 0 Å². The number of hydrogen-bond donors (Lipinski definition) is 1. The van der Waals surface area contributed by atoms with E-state index in [1.165, 1.54) is 41.5 Å². The zero-order valence-corrected chi connectivity index (χ0v) is 25.4. The highest BCUT2D eigenvalue weighted by Crippen LogP contribution is 2.38. The number of aromatic nitrogens is 1. The van der Waals surface area contributed by atoms with E-state index in [9.17, 15) is 9.18 Å². The molecule has 0 aliphatic heterocycles. The van der Waals surface area contributed by atoms with Crippen molar-refractivity contribution in [2.75, 3.05) is 39.9 Å². The molecule has 1 aliphatic rings. The fourth-order valence-electron chi connectivity index (χ4n) is 6.06. The molecule has 226 valence electrons. The SMILES string of the molecule is CCN(CC)CCOc1ccc(CN(CCc2c[nH]c3cc(F)ccc23)C2CCc3cc(C=CC(=O)OC)ccc32)cc1. The van der Waals surface area contributed by atoms with Crippen LogP contribution in [0.25, 0.3) is 17.0 Å². The van der Waals surface area contributed by atoms with Gasteiger partial charge in [-0.2, -0.15) is 0 Å². The van der Waals surface area contributed by atoms with Crippen LogP contribution in [0.15, 0.2) is 72.9 Å². The Morgan fingerprint density at radius 1 is 1.05 bits per heavy atom. The predicted molar refractivity (Wildman–Crippen MR) is 171 cm³/mol. The van der Waals surface area contributed by atoms with Crippen molar-refractivity contribution in [2.24, 2.45) is 0 Å². The third-order valence-corrected chi connectivity index (χ3v) is 8.54. The summed E-state index contributed by atoms with van der Waals surface area (Å²) in [4.78, 5) is 19.7. The summed E-state index contributed by atoms with van der Waals surface area (Å²) in [5.74, 6) is 0.309. The molecular weight excluding hydrogens is 541 g/mol. The number of H-pyrrole nitrogens is 1.